The summed E-state index contributed by atoms with van der Waals surface area (Å²) in [7, 11) is 0. The molecular weight excluding hydrogens is 182 g/mol. The number of hydrogen-bond acceptors (Lipinski definition) is 3. The molecule has 0 aliphatic heterocycles. The second kappa shape index (κ2) is 3.51. The van der Waals surface area contributed by atoms with Crippen molar-refractivity contribution in [3.63, 3.8) is 0 Å². The number of para-hydroxylation sites is 1. The van der Waals surface area contributed by atoms with Crippen LogP contribution in [0.25, 0.3) is 11.0 Å². The minimum absolute atomic E-state index is 0.448. The van der Waals surface area contributed by atoms with Crippen LogP contribution in [-0.2, 0) is 4.79 Å². The lowest BCUT2D eigenvalue weighted by atomic mass is 10.2. The first kappa shape index (κ1) is 8.77. The van der Waals surface area contributed by atoms with Crippen molar-refractivity contribution < 1.29 is 14.3 Å². The van der Waals surface area contributed by atoms with Gasteiger partial charge in [-0.2, -0.15) is 0 Å². The molecule has 4 nitrogen and oxygen atoms in total. The molecule has 0 atom stereocenters. The van der Waals surface area contributed by atoms with Crippen LogP contribution in [0, 0.1) is 0 Å². The molecule has 72 valence electrons. The van der Waals surface area contributed by atoms with Crippen LogP contribution in [-0.4, -0.2) is 17.6 Å². The lowest BCUT2D eigenvalue weighted by Crippen LogP contribution is -2.14. The Kier molecular flexibility index (Phi) is 2.20. The second-order valence-corrected chi connectivity index (χ2v) is 2.85. The van der Waals surface area contributed by atoms with E-state index in [1.165, 1.54) is 6.26 Å². The predicted octanol–water partition coefficient (Wildman–Crippen LogP) is 1.36. The van der Waals surface area contributed by atoms with Gasteiger partial charge >= 0.3 is 0 Å². The summed E-state index contributed by atoms with van der Waals surface area (Å²) in [6.07, 6.45) is 1.46. The van der Waals surface area contributed by atoms with Gasteiger partial charge in [0, 0.05) is 5.39 Å². The Bertz CT molecular complexity index is 461. The average molecular weight is 191 g/mol. The molecule has 1 heterocycles. The molecule has 0 saturated carbocycles. The minimum atomic E-state index is -0.528. The number of nitrogens with one attached hydrogen (secondary N) is 1. The normalized spacial score (nSPS) is 10.4. The van der Waals surface area contributed by atoms with Crippen molar-refractivity contribution in [1.29, 1.82) is 0 Å². The first-order valence-corrected chi connectivity index (χ1v) is 4.18. The largest absolute Gasteiger partial charge is 0.462 e. The van der Waals surface area contributed by atoms with Crippen LogP contribution in [0.1, 0.15) is 0 Å². The van der Waals surface area contributed by atoms with Gasteiger partial charge in [0.25, 0.3) is 0 Å². The maximum atomic E-state index is 10.9. The maximum Gasteiger partial charge on any atom is 0.250 e. The zero-order valence-corrected chi connectivity index (χ0v) is 7.36. The van der Waals surface area contributed by atoms with Gasteiger partial charge in [0.1, 0.15) is 18.5 Å². The van der Waals surface area contributed by atoms with Gasteiger partial charge < -0.3 is 14.8 Å². The van der Waals surface area contributed by atoms with Crippen molar-refractivity contribution in [1.82, 2.24) is 0 Å². The summed E-state index contributed by atoms with van der Waals surface area (Å²) >= 11 is 0. The van der Waals surface area contributed by atoms with Crippen molar-refractivity contribution >= 4 is 22.6 Å². The number of aliphatic hydroxyl groups is 1. The van der Waals surface area contributed by atoms with Crippen LogP contribution in [0.4, 0.5) is 5.69 Å². The van der Waals surface area contributed by atoms with E-state index in [0.717, 1.165) is 5.39 Å². The molecule has 2 aromatic rings. The summed E-state index contributed by atoms with van der Waals surface area (Å²) in [5.41, 5.74) is 1.29. The first-order valence-electron chi connectivity index (χ1n) is 4.18. The van der Waals surface area contributed by atoms with Gasteiger partial charge in [0.15, 0.2) is 0 Å². The number of amides is 1. The first-order chi connectivity index (χ1) is 6.81. The number of anilines is 1. The highest BCUT2D eigenvalue weighted by atomic mass is 16.3. The molecule has 0 unspecified atom stereocenters. The van der Waals surface area contributed by atoms with E-state index in [-0.39, 0.29) is 0 Å². The molecule has 0 bridgehead atoms. The number of hydrogen-bond donors (Lipinski definition) is 2. The van der Waals surface area contributed by atoms with Crippen molar-refractivity contribution in [3.8, 4) is 0 Å². The van der Waals surface area contributed by atoms with Gasteiger partial charge in [-0.25, -0.2) is 0 Å². The third-order valence-electron chi connectivity index (χ3n) is 1.90. The number of carbonyl (C=O) groups is 1. The Morgan fingerprint density at radius 1 is 1.43 bits per heavy atom. The van der Waals surface area contributed by atoms with E-state index in [1.807, 2.05) is 24.3 Å². The van der Waals surface area contributed by atoms with Gasteiger partial charge in [-0.05, 0) is 12.1 Å². The number of furan rings is 1. The quantitative estimate of drug-likeness (QED) is 0.753. The molecule has 1 aromatic heterocycles. The lowest BCUT2D eigenvalue weighted by molar-refractivity contribution is -0.118. The monoisotopic (exact) mass is 191 g/mol. The summed E-state index contributed by atoms with van der Waals surface area (Å²) in [5.74, 6) is -0.448. The minimum Gasteiger partial charge on any atom is -0.462 e. The van der Waals surface area contributed by atoms with E-state index in [4.69, 9.17) is 9.52 Å². The van der Waals surface area contributed by atoms with Gasteiger partial charge in [-0.1, -0.05) is 12.1 Å². The fraction of sp³-hybridized carbons (Fsp3) is 0.100. The zero-order valence-electron chi connectivity index (χ0n) is 7.36. The van der Waals surface area contributed by atoms with Crippen molar-refractivity contribution in [2.24, 2.45) is 0 Å². The number of fused-ring (bicyclic) bond motifs is 1. The van der Waals surface area contributed by atoms with E-state index in [1.54, 1.807) is 0 Å². The third-order valence-corrected chi connectivity index (χ3v) is 1.90. The molecule has 2 N–H and O–H groups in total. The average Bonchev–Trinajstić information content (AvgIpc) is 2.62. The summed E-state index contributed by atoms with van der Waals surface area (Å²) in [6, 6.07) is 7.35. The topological polar surface area (TPSA) is 62.5 Å². The number of benzene rings is 1. The molecule has 4 heteroatoms. The van der Waals surface area contributed by atoms with E-state index in [0.29, 0.717) is 11.3 Å². The number of aliphatic hydroxyl groups excluding tert-OH is 1. The standard InChI is InChI=1S/C10H9NO3/c12-5-10(13)11-8-6-14-9-4-2-1-3-7(8)9/h1-4,6,12H,5H2,(H,11,13). The lowest BCUT2D eigenvalue weighted by Gasteiger charge is -1.98. The van der Waals surface area contributed by atoms with E-state index >= 15 is 0 Å². The molecule has 2 rings (SSSR count). The molecule has 1 amide bonds. The van der Waals surface area contributed by atoms with Crippen LogP contribution in [0.5, 0.6) is 0 Å². The Morgan fingerprint density at radius 3 is 3.00 bits per heavy atom. The summed E-state index contributed by atoms with van der Waals surface area (Å²) in [4.78, 5) is 10.9. The highest BCUT2D eigenvalue weighted by Gasteiger charge is 2.06. The van der Waals surface area contributed by atoms with E-state index in [2.05, 4.69) is 5.32 Å². The molecule has 14 heavy (non-hydrogen) atoms. The Hall–Kier alpha value is -1.81. The number of rotatable bonds is 2. The summed E-state index contributed by atoms with van der Waals surface area (Å²) in [5, 5.41) is 11.9. The number of carbonyl (C=O) groups excluding carboxylic acids is 1. The highest BCUT2D eigenvalue weighted by Crippen LogP contribution is 2.24. The molecule has 0 aliphatic carbocycles. The molecule has 0 saturated heterocycles. The smallest absolute Gasteiger partial charge is 0.250 e. The molecular formula is C10H9NO3. The summed E-state index contributed by atoms with van der Waals surface area (Å²) < 4.78 is 5.20. The predicted molar refractivity (Wildman–Crippen MR) is 51.9 cm³/mol. The molecule has 0 aliphatic rings. The van der Waals surface area contributed by atoms with Gasteiger partial charge in [0.05, 0.1) is 5.69 Å². The van der Waals surface area contributed by atoms with Gasteiger partial charge in [-0.3, -0.25) is 4.79 Å². The Morgan fingerprint density at radius 2 is 2.21 bits per heavy atom. The zero-order chi connectivity index (χ0) is 9.97. The van der Waals surface area contributed by atoms with Gasteiger partial charge in [0.2, 0.25) is 5.91 Å². The fourth-order valence-electron chi connectivity index (χ4n) is 1.26. The van der Waals surface area contributed by atoms with Crippen LogP contribution < -0.4 is 5.32 Å². The van der Waals surface area contributed by atoms with Gasteiger partial charge in [-0.15, -0.1) is 0 Å². The van der Waals surface area contributed by atoms with Crippen LogP contribution in [0.15, 0.2) is 34.9 Å². The van der Waals surface area contributed by atoms with Crippen LogP contribution >= 0.6 is 0 Å². The van der Waals surface area contributed by atoms with E-state index < -0.39 is 12.5 Å². The van der Waals surface area contributed by atoms with Crippen molar-refractivity contribution in [2.75, 3.05) is 11.9 Å². The molecule has 0 radical (unpaired) electrons. The fourth-order valence-corrected chi connectivity index (χ4v) is 1.26. The highest BCUT2D eigenvalue weighted by molar-refractivity contribution is 6.00. The van der Waals surface area contributed by atoms with Crippen LogP contribution in [0.3, 0.4) is 0 Å². The van der Waals surface area contributed by atoms with Crippen molar-refractivity contribution in [3.05, 3.63) is 30.5 Å². The molecule has 1 aromatic carbocycles. The van der Waals surface area contributed by atoms with Crippen LogP contribution in [0.2, 0.25) is 0 Å². The SMILES string of the molecule is O=C(CO)Nc1coc2ccccc12. The second-order valence-electron chi connectivity index (χ2n) is 2.85. The third kappa shape index (κ3) is 1.47. The Balaban J connectivity index is 2.38. The molecule has 0 fully saturated rings. The molecule has 0 spiro atoms. The van der Waals surface area contributed by atoms with Crippen molar-refractivity contribution in [2.45, 2.75) is 0 Å². The summed E-state index contributed by atoms with van der Waals surface area (Å²) in [6.45, 7) is -0.528. The maximum absolute atomic E-state index is 10.9. The Labute approximate surface area is 80.1 Å². The van der Waals surface area contributed by atoms with E-state index in [9.17, 15) is 4.79 Å².